The van der Waals surface area contributed by atoms with Crippen LogP contribution in [-0.2, 0) is 4.79 Å². The summed E-state index contributed by atoms with van der Waals surface area (Å²) in [5, 5.41) is 1.91. The van der Waals surface area contributed by atoms with Crippen LogP contribution < -0.4 is 29.1 Å². The van der Waals surface area contributed by atoms with Crippen molar-refractivity contribution in [2.24, 2.45) is 4.99 Å². The summed E-state index contributed by atoms with van der Waals surface area (Å²) in [6.07, 6.45) is 1.84. The van der Waals surface area contributed by atoms with Crippen LogP contribution in [0.25, 0.3) is 16.8 Å². The fourth-order valence-electron chi connectivity index (χ4n) is 5.59. The molecule has 0 saturated heterocycles. The van der Waals surface area contributed by atoms with E-state index in [9.17, 15) is 9.59 Å². The van der Waals surface area contributed by atoms with Gasteiger partial charge in [0.2, 0.25) is 0 Å². The number of hydrogen-bond acceptors (Lipinski definition) is 7. The molecule has 210 valence electrons. The minimum absolute atomic E-state index is 0.141. The van der Waals surface area contributed by atoms with Gasteiger partial charge in [0.05, 0.1) is 22.9 Å². The Morgan fingerprint density at radius 3 is 2.61 bits per heavy atom. The molecule has 0 bridgehead atoms. The number of aromatic nitrogens is 1. The predicted molar refractivity (Wildman–Crippen MR) is 160 cm³/mol. The molecule has 4 aromatic rings. The molecule has 3 heterocycles. The molecule has 1 atom stereocenters. The van der Waals surface area contributed by atoms with Crippen LogP contribution in [0.2, 0.25) is 0 Å². The molecule has 0 spiro atoms. The summed E-state index contributed by atoms with van der Waals surface area (Å²) in [7, 11) is 1.61. The van der Waals surface area contributed by atoms with Gasteiger partial charge in [-0.05, 0) is 61.4 Å². The first kappa shape index (κ1) is 26.8. The second-order valence-electron chi connectivity index (χ2n) is 9.86. The largest absolute Gasteiger partial charge is 0.496 e. The Kier molecular flexibility index (Phi) is 7.13. The average molecular weight is 570 g/mol. The van der Waals surface area contributed by atoms with E-state index < -0.39 is 6.04 Å². The lowest BCUT2D eigenvalue weighted by atomic mass is 9.90. The molecule has 8 nitrogen and oxygen atoms in total. The number of hydrogen-bond donors (Lipinski definition) is 0. The number of carbonyl (C=O) groups is 1. The Labute approximate surface area is 241 Å². The predicted octanol–water partition coefficient (Wildman–Crippen LogP) is 4.04. The third-order valence-corrected chi connectivity index (χ3v) is 8.57. The van der Waals surface area contributed by atoms with Gasteiger partial charge in [-0.2, -0.15) is 0 Å². The van der Waals surface area contributed by atoms with Gasteiger partial charge in [-0.15, -0.1) is 0 Å². The number of carbonyl (C=O) groups excluding carboxylic acids is 1. The van der Waals surface area contributed by atoms with E-state index >= 15 is 0 Å². The molecule has 3 aromatic carbocycles. The summed E-state index contributed by atoms with van der Waals surface area (Å²) in [6, 6.07) is 16.8. The zero-order chi connectivity index (χ0) is 28.7. The lowest BCUT2D eigenvalue weighted by Gasteiger charge is -2.30. The number of ether oxygens (including phenoxy) is 3. The molecule has 6 rings (SSSR count). The quantitative estimate of drug-likeness (QED) is 0.350. The van der Waals surface area contributed by atoms with Gasteiger partial charge in [0, 0.05) is 18.7 Å². The number of benzene rings is 3. The first-order valence-corrected chi connectivity index (χ1v) is 14.5. The Bertz CT molecular complexity index is 1880. The van der Waals surface area contributed by atoms with Crippen LogP contribution in [0, 0.1) is 0 Å². The van der Waals surface area contributed by atoms with E-state index in [0.717, 1.165) is 21.9 Å². The second-order valence-corrected chi connectivity index (χ2v) is 10.9. The molecule has 2 aliphatic heterocycles. The van der Waals surface area contributed by atoms with Gasteiger partial charge in [-0.3, -0.25) is 14.2 Å². The SMILES string of the molecule is CCN(CC)C(=O)C1=C(C)N=c2s/c(=C/c3ccc4c(c3)OCCO4)c(=O)n2[C@@H]1c1c(OC)ccc2ccccc12. The molecule has 1 amide bonds. The summed E-state index contributed by atoms with van der Waals surface area (Å²) in [4.78, 5) is 35.4. The summed E-state index contributed by atoms with van der Waals surface area (Å²) in [5.74, 6) is 1.80. The Morgan fingerprint density at radius 1 is 1.10 bits per heavy atom. The topological polar surface area (TPSA) is 82.4 Å². The highest BCUT2D eigenvalue weighted by atomic mass is 32.1. The van der Waals surface area contributed by atoms with E-state index in [-0.39, 0.29) is 11.5 Å². The van der Waals surface area contributed by atoms with Gasteiger partial charge < -0.3 is 19.1 Å². The van der Waals surface area contributed by atoms with Crippen molar-refractivity contribution in [2.45, 2.75) is 26.8 Å². The fourth-order valence-corrected chi connectivity index (χ4v) is 6.63. The lowest BCUT2D eigenvalue weighted by Crippen LogP contribution is -2.43. The van der Waals surface area contributed by atoms with Crippen LogP contribution in [0.15, 0.2) is 75.7 Å². The monoisotopic (exact) mass is 569 g/mol. The van der Waals surface area contributed by atoms with E-state index in [0.29, 0.717) is 64.2 Å². The number of thiazole rings is 1. The van der Waals surface area contributed by atoms with Crippen molar-refractivity contribution in [3.8, 4) is 17.2 Å². The number of allylic oxidation sites excluding steroid dienone is 1. The third-order valence-electron chi connectivity index (χ3n) is 7.59. The van der Waals surface area contributed by atoms with Gasteiger partial charge >= 0.3 is 0 Å². The number of rotatable bonds is 6. The summed E-state index contributed by atoms with van der Waals surface area (Å²) in [5.41, 5.74) is 2.42. The number of likely N-dealkylation sites (N-methyl/N-ethyl adjacent to an activating group) is 1. The molecule has 9 heteroatoms. The van der Waals surface area contributed by atoms with E-state index in [1.165, 1.54) is 11.3 Å². The van der Waals surface area contributed by atoms with Crippen molar-refractivity contribution in [3.63, 3.8) is 0 Å². The molecule has 0 aliphatic carbocycles. The standard InChI is InChI=1S/C32H31N3O5S/c1-5-34(6-2)31(37)27-19(3)33-32-35(29(27)28-22-10-8-7-9-21(22)12-14-24(28)38-4)30(36)26(41-32)18-20-11-13-23-25(17-20)40-16-15-39-23/h7-14,17-18,29H,5-6,15-16H2,1-4H3/b26-18+/t29-/m0/s1. The van der Waals surface area contributed by atoms with Crippen LogP contribution in [0.3, 0.4) is 0 Å². The van der Waals surface area contributed by atoms with Crippen molar-refractivity contribution in [3.05, 3.63) is 96.7 Å². The maximum absolute atomic E-state index is 14.2. The summed E-state index contributed by atoms with van der Waals surface area (Å²) >= 11 is 1.31. The Hall–Kier alpha value is -4.37. The van der Waals surface area contributed by atoms with Crippen LogP contribution in [-0.4, -0.2) is 48.8 Å². The van der Waals surface area contributed by atoms with Gasteiger partial charge in [0.15, 0.2) is 16.3 Å². The fraction of sp³-hybridized carbons (Fsp3) is 0.281. The van der Waals surface area contributed by atoms with Crippen LogP contribution in [0.1, 0.15) is 37.9 Å². The molecule has 1 aromatic heterocycles. The average Bonchev–Trinajstić information content (AvgIpc) is 3.30. The molecule has 0 unspecified atom stereocenters. The van der Waals surface area contributed by atoms with E-state index in [1.54, 1.807) is 16.6 Å². The van der Waals surface area contributed by atoms with Gasteiger partial charge in [0.1, 0.15) is 25.0 Å². The minimum Gasteiger partial charge on any atom is -0.496 e. The normalized spacial score (nSPS) is 16.4. The molecular weight excluding hydrogens is 538 g/mol. The van der Waals surface area contributed by atoms with E-state index in [2.05, 4.69) is 0 Å². The van der Waals surface area contributed by atoms with Gasteiger partial charge in [-0.1, -0.05) is 47.7 Å². The minimum atomic E-state index is -0.720. The van der Waals surface area contributed by atoms with E-state index in [4.69, 9.17) is 19.2 Å². The summed E-state index contributed by atoms with van der Waals surface area (Å²) < 4.78 is 19.4. The maximum Gasteiger partial charge on any atom is 0.271 e. The highest BCUT2D eigenvalue weighted by molar-refractivity contribution is 7.07. The summed E-state index contributed by atoms with van der Waals surface area (Å²) in [6.45, 7) is 7.82. The molecule has 0 saturated carbocycles. The number of fused-ring (bicyclic) bond motifs is 3. The van der Waals surface area contributed by atoms with Crippen LogP contribution in [0.4, 0.5) is 0 Å². The molecule has 0 radical (unpaired) electrons. The molecular formula is C32H31N3O5S. The van der Waals surface area contributed by atoms with Gasteiger partial charge in [-0.25, -0.2) is 4.99 Å². The second kappa shape index (κ2) is 10.9. The van der Waals surface area contributed by atoms with Crippen molar-refractivity contribution in [1.82, 2.24) is 9.47 Å². The Morgan fingerprint density at radius 2 is 1.85 bits per heavy atom. The van der Waals surface area contributed by atoms with Crippen LogP contribution >= 0.6 is 11.3 Å². The third kappa shape index (κ3) is 4.60. The van der Waals surface area contributed by atoms with Gasteiger partial charge in [0.25, 0.3) is 11.5 Å². The Balaban J connectivity index is 1.62. The molecule has 2 aliphatic rings. The van der Waals surface area contributed by atoms with Crippen molar-refractivity contribution in [2.75, 3.05) is 33.4 Å². The first-order chi connectivity index (χ1) is 19.9. The van der Waals surface area contributed by atoms with Crippen molar-refractivity contribution < 1.29 is 19.0 Å². The van der Waals surface area contributed by atoms with Crippen molar-refractivity contribution >= 4 is 34.1 Å². The number of methoxy groups -OCH3 is 1. The maximum atomic E-state index is 14.2. The zero-order valence-electron chi connectivity index (χ0n) is 23.5. The zero-order valence-corrected chi connectivity index (χ0v) is 24.3. The smallest absolute Gasteiger partial charge is 0.271 e. The molecule has 0 fully saturated rings. The highest BCUT2D eigenvalue weighted by Gasteiger charge is 2.36. The molecule has 41 heavy (non-hydrogen) atoms. The van der Waals surface area contributed by atoms with Crippen molar-refractivity contribution in [1.29, 1.82) is 0 Å². The van der Waals surface area contributed by atoms with Crippen LogP contribution in [0.5, 0.6) is 17.2 Å². The molecule has 0 N–H and O–H groups in total. The lowest BCUT2D eigenvalue weighted by molar-refractivity contribution is -0.127. The number of nitrogens with zero attached hydrogens (tertiary/aromatic N) is 3. The first-order valence-electron chi connectivity index (χ1n) is 13.7. The number of amides is 1. The van der Waals surface area contributed by atoms with E-state index in [1.807, 2.05) is 81.4 Å². The highest BCUT2D eigenvalue weighted by Crippen LogP contribution is 2.40.